The molecule has 1 nitrogen and oxygen atoms in total. The highest BCUT2D eigenvalue weighted by Gasteiger charge is 2.17. The van der Waals surface area contributed by atoms with Crippen molar-refractivity contribution in [3.05, 3.63) is 39.8 Å². The molecule has 4 heteroatoms. The molecule has 0 aliphatic carbocycles. The van der Waals surface area contributed by atoms with E-state index in [-0.39, 0.29) is 11.7 Å². The van der Waals surface area contributed by atoms with E-state index in [1.165, 1.54) is 6.07 Å². The average molecular weight is 258 g/mol. The van der Waals surface area contributed by atoms with E-state index in [1.807, 2.05) is 13.8 Å². The third-order valence-corrected chi connectivity index (χ3v) is 3.15. The summed E-state index contributed by atoms with van der Waals surface area (Å²) < 4.78 is 13.7. The number of pyridine rings is 1. The van der Waals surface area contributed by atoms with Crippen molar-refractivity contribution in [2.45, 2.75) is 19.8 Å². The fraction of sp³-hybridized carbons (Fsp3) is 0.250. The molecule has 1 heterocycles. The second kappa shape index (κ2) is 4.19. The van der Waals surface area contributed by atoms with Gasteiger partial charge in [-0.15, -0.1) is 0 Å². The highest BCUT2D eigenvalue weighted by molar-refractivity contribution is 6.39. The first-order valence-corrected chi connectivity index (χ1v) is 5.71. The Labute approximate surface area is 103 Å². The van der Waals surface area contributed by atoms with Crippen LogP contribution in [0.2, 0.25) is 10.2 Å². The maximum absolute atomic E-state index is 13.7. The number of fused-ring (bicyclic) bond motifs is 1. The summed E-state index contributed by atoms with van der Waals surface area (Å²) in [6.45, 7) is 3.89. The van der Waals surface area contributed by atoms with Crippen molar-refractivity contribution in [2.75, 3.05) is 0 Å². The molecule has 2 aromatic rings. The Bertz CT molecular complexity index is 552. The Morgan fingerprint density at radius 3 is 2.56 bits per heavy atom. The Morgan fingerprint density at radius 1 is 1.25 bits per heavy atom. The lowest BCUT2D eigenvalue weighted by Gasteiger charge is -2.12. The summed E-state index contributed by atoms with van der Waals surface area (Å²) in [6, 6.07) is 4.65. The molecule has 0 atom stereocenters. The van der Waals surface area contributed by atoms with E-state index in [4.69, 9.17) is 23.2 Å². The predicted molar refractivity (Wildman–Crippen MR) is 65.8 cm³/mol. The molecule has 1 aromatic carbocycles. The van der Waals surface area contributed by atoms with Crippen molar-refractivity contribution < 1.29 is 4.39 Å². The molecule has 0 aliphatic heterocycles. The third kappa shape index (κ3) is 1.76. The van der Waals surface area contributed by atoms with Gasteiger partial charge in [0, 0.05) is 5.56 Å². The maximum atomic E-state index is 13.7. The van der Waals surface area contributed by atoms with Gasteiger partial charge >= 0.3 is 0 Å². The second-order valence-corrected chi connectivity index (χ2v) is 4.65. The van der Waals surface area contributed by atoms with E-state index in [1.54, 1.807) is 12.1 Å². The van der Waals surface area contributed by atoms with Crippen molar-refractivity contribution in [3.63, 3.8) is 0 Å². The quantitative estimate of drug-likeness (QED) is 0.669. The second-order valence-electron chi connectivity index (χ2n) is 3.92. The summed E-state index contributed by atoms with van der Waals surface area (Å²) >= 11 is 12.2. The summed E-state index contributed by atoms with van der Waals surface area (Å²) in [4.78, 5) is 4.16. The topological polar surface area (TPSA) is 12.9 Å². The fourth-order valence-electron chi connectivity index (χ4n) is 1.71. The predicted octanol–water partition coefficient (Wildman–Crippen LogP) is 4.80. The molecular formula is C12H10Cl2FN. The molecule has 2 rings (SSSR count). The molecule has 1 aromatic heterocycles. The summed E-state index contributed by atoms with van der Waals surface area (Å²) in [6.07, 6.45) is 0. The van der Waals surface area contributed by atoms with Crippen LogP contribution in [0.4, 0.5) is 4.39 Å². The molecular weight excluding hydrogens is 248 g/mol. The minimum absolute atomic E-state index is 0.108. The Morgan fingerprint density at radius 2 is 1.94 bits per heavy atom. The molecule has 0 amide bonds. The number of rotatable bonds is 1. The molecule has 84 valence electrons. The Balaban J connectivity index is 2.91. The summed E-state index contributed by atoms with van der Waals surface area (Å²) in [5.41, 5.74) is 1.18. The summed E-state index contributed by atoms with van der Waals surface area (Å²) in [5.74, 6) is -0.259. The zero-order valence-corrected chi connectivity index (χ0v) is 10.4. The average Bonchev–Trinajstić information content (AvgIpc) is 2.15. The van der Waals surface area contributed by atoms with Crippen LogP contribution in [0.25, 0.3) is 10.9 Å². The number of benzene rings is 1. The van der Waals surface area contributed by atoms with Gasteiger partial charge in [0.2, 0.25) is 0 Å². The molecule has 0 saturated carbocycles. The minimum Gasteiger partial charge on any atom is -0.236 e. The van der Waals surface area contributed by atoms with Crippen LogP contribution < -0.4 is 0 Å². The van der Waals surface area contributed by atoms with E-state index in [2.05, 4.69) is 4.98 Å². The minimum atomic E-state index is -0.367. The lowest BCUT2D eigenvalue weighted by molar-refractivity contribution is 0.639. The molecule has 0 fully saturated rings. The first-order chi connectivity index (χ1) is 7.52. The zero-order chi connectivity index (χ0) is 11.9. The first-order valence-electron chi connectivity index (χ1n) is 4.95. The van der Waals surface area contributed by atoms with E-state index >= 15 is 0 Å². The molecule has 0 bridgehead atoms. The van der Waals surface area contributed by atoms with Gasteiger partial charge in [-0.2, -0.15) is 0 Å². The van der Waals surface area contributed by atoms with Gasteiger partial charge in [-0.3, -0.25) is 0 Å². The normalized spacial score (nSPS) is 11.4. The monoisotopic (exact) mass is 257 g/mol. The van der Waals surface area contributed by atoms with Crippen molar-refractivity contribution >= 4 is 34.1 Å². The SMILES string of the molecule is CC(C)c1c(Cl)nc2cccc(F)c2c1Cl. The zero-order valence-electron chi connectivity index (χ0n) is 8.89. The van der Waals surface area contributed by atoms with E-state index in [9.17, 15) is 4.39 Å². The van der Waals surface area contributed by atoms with Crippen molar-refractivity contribution in [1.82, 2.24) is 4.98 Å². The van der Waals surface area contributed by atoms with Crippen LogP contribution in [-0.2, 0) is 0 Å². The number of hydrogen-bond donors (Lipinski definition) is 0. The molecule has 16 heavy (non-hydrogen) atoms. The van der Waals surface area contributed by atoms with Crippen LogP contribution in [0.1, 0.15) is 25.3 Å². The van der Waals surface area contributed by atoms with Crippen LogP contribution in [0.5, 0.6) is 0 Å². The van der Waals surface area contributed by atoms with Gasteiger partial charge in [-0.25, -0.2) is 9.37 Å². The van der Waals surface area contributed by atoms with Crippen molar-refractivity contribution in [1.29, 1.82) is 0 Å². The maximum Gasteiger partial charge on any atom is 0.134 e. The summed E-state index contributed by atoms with van der Waals surface area (Å²) in [7, 11) is 0. The van der Waals surface area contributed by atoms with Gasteiger partial charge in [-0.05, 0) is 18.1 Å². The highest BCUT2D eigenvalue weighted by atomic mass is 35.5. The van der Waals surface area contributed by atoms with Crippen LogP contribution in [0, 0.1) is 5.82 Å². The molecule has 0 radical (unpaired) electrons. The van der Waals surface area contributed by atoms with Crippen molar-refractivity contribution in [3.8, 4) is 0 Å². The molecule has 0 spiro atoms. The Hall–Kier alpha value is -0.860. The van der Waals surface area contributed by atoms with Crippen LogP contribution in [-0.4, -0.2) is 4.98 Å². The van der Waals surface area contributed by atoms with E-state index in [0.29, 0.717) is 26.6 Å². The number of aromatic nitrogens is 1. The van der Waals surface area contributed by atoms with Crippen molar-refractivity contribution in [2.24, 2.45) is 0 Å². The van der Waals surface area contributed by atoms with Crippen LogP contribution in [0.3, 0.4) is 0 Å². The van der Waals surface area contributed by atoms with Gasteiger partial charge in [-0.1, -0.05) is 43.1 Å². The third-order valence-electron chi connectivity index (χ3n) is 2.47. The largest absolute Gasteiger partial charge is 0.236 e. The van der Waals surface area contributed by atoms with Gasteiger partial charge in [0.25, 0.3) is 0 Å². The Kier molecular flexibility index (Phi) is 3.04. The fourth-order valence-corrected chi connectivity index (χ4v) is 2.65. The van der Waals surface area contributed by atoms with Gasteiger partial charge in [0.1, 0.15) is 11.0 Å². The van der Waals surface area contributed by atoms with Gasteiger partial charge < -0.3 is 0 Å². The smallest absolute Gasteiger partial charge is 0.134 e. The van der Waals surface area contributed by atoms with Crippen LogP contribution >= 0.6 is 23.2 Å². The van der Waals surface area contributed by atoms with E-state index in [0.717, 1.165) is 0 Å². The van der Waals surface area contributed by atoms with Gasteiger partial charge in [0.15, 0.2) is 0 Å². The van der Waals surface area contributed by atoms with Crippen LogP contribution in [0.15, 0.2) is 18.2 Å². The molecule has 0 saturated heterocycles. The van der Waals surface area contributed by atoms with Gasteiger partial charge in [0.05, 0.1) is 15.9 Å². The number of nitrogens with zero attached hydrogens (tertiary/aromatic N) is 1. The lowest BCUT2D eigenvalue weighted by atomic mass is 10.0. The summed E-state index contributed by atoms with van der Waals surface area (Å²) in [5, 5.41) is 1.05. The molecule has 0 N–H and O–H groups in total. The first kappa shape index (κ1) is 11.6. The standard InChI is InChI=1S/C12H10Cl2FN/c1-6(2)9-11(13)10-7(15)4-3-5-8(10)16-12(9)14/h3-6H,1-2H3. The lowest BCUT2D eigenvalue weighted by Crippen LogP contribution is -1.96. The number of halogens is 3. The number of hydrogen-bond acceptors (Lipinski definition) is 1. The molecule has 0 aliphatic rings. The van der Waals surface area contributed by atoms with E-state index < -0.39 is 0 Å². The highest BCUT2D eigenvalue weighted by Crippen LogP contribution is 2.36. The molecule has 0 unspecified atom stereocenters.